The van der Waals surface area contributed by atoms with E-state index in [0.717, 1.165) is 57.8 Å². The molecule has 2 aliphatic rings. The summed E-state index contributed by atoms with van der Waals surface area (Å²) in [5.74, 6) is 1.08. The number of likely N-dealkylation sites (N-methyl/N-ethyl adjacent to an activating group) is 1. The average molecular weight is 281 g/mol. The van der Waals surface area contributed by atoms with Gasteiger partial charge in [0.2, 0.25) is 5.91 Å². The monoisotopic (exact) mass is 281 g/mol. The molecule has 0 aromatic rings. The highest BCUT2D eigenvalue weighted by Crippen LogP contribution is 2.39. The molecular formula is C16H31N3O. The molecule has 1 saturated heterocycles. The first-order chi connectivity index (χ1) is 9.52. The second kappa shape index (κ2) is 6.44. The minimum Gasteiger partial charge on any atom is -0.339 e. The number of hydrogen-bond donors (Lipinski definition) is 1. The molecule has 1 aliphatic carbocycles. The highest BCUT2D eigenvalue weighted by Gasteiger charge is 2.43. The molecular weight excluding hydrogens is 250 g/mol. The molecule has 1 heterocycles. The van der Waals surface area contributed by atoms with Crippen LogP contribution in [0.4, 0.5) is 0 Å². The van der Waals surface area contributed by atoms with Gasteiger partial charge in [0.15, 0.2) is 0 Å². The van der Waals surface area contributed by atoms with E-state index in [1.807, 2.05) is 0 Å². The highest BCUT2D eigenvalue weighted by atomic mass is 16.2. The molecule has 1 unspecified atom stereocenters. The second-order valence-corrected chi connectivity index (χ2v) is 6.90. The normalized spacial score (nSPS) is 36.1. The van der Waals surface area contributed by atoms with Gasteiger partial charge >= 0.3 is 0 Å². The van der Waals surface area contributed by atoms with Crippen molar-refractivity contribution < 1.29 is 4.79 Å². The molecule has 4 heteroatoms. The molecule has 4 nitrogen and oxygen atoms in total. The van der Waals surface area contributed by atoms with E-state index in [1.165, 1.54) is 0 Å². The highest BCUT2D eigenvalue weighted by molar-refractivity contribution is 5.83. The summed E-state index contributed by atoms with van der Waals surface area (Å²) in [7, 11) is 0. The van der Waals surface area contributed by atoms with E-state index in [0.29, 0.717) is 18.5 Å². The van der Waals surface area contributed by atoms with Crippen LogP contribution in [0.1, 0.15) is 46.5 Å². The molecule has 0 bridgehead atoms. The second-order valence-electron chi connectivity index (χ2n) is 6.90. The number of carbonyl (C=O) groups is 1. The first-order valence-corrected chi connectivity index (χ1v) is 8.26. The smallest absolute Gasteiger partial charge is 0.230 e. The molecule has 2 N–H and O–H groups in total. The molecule has 0 aromatic heterocycles. The van der Waals surface area contributed by atoms with E-state index in [1.54, 1.807) is 0 Å². The Labute approximate surface area is 123 Å². The Bertz CT molecular complexity index is 337. The van der Waals surface area contributed by atoms with Gasteiger partial charge in [-0.3, -0.25) is 9.69 Å². The molecule has 116 valence electrons. The van der Waals surface area contributed by atoms with Crippen LogP contribution in [-0.2, 0) is 4.79 Å². The predicted octanol–water partition coefficient (Wildman–Crippen LogP) is 1.69. The van der Waals surface area contributed by atoms with Crippen LogP contribution >= 0.6 is 0 Å². The summed E-state index contributed by atoms with van der Waals surface area (Å²) in [4.78, 5) is 17.5. The summed E-state index contributed by atoms with van der Waals surface area (Å²) >= 11 is 0. The number of piperazine rings is 1. The first-order valence-electron chi connectivity index (χ1n) is 8.26. The zero-order valence-electron chi connectivity index (χ0n) is 13.4. The Hall–Kier alpha value is -0.610. The van der Waals surface area contributed by atoms with E-state index in [9.17, 15) is 4.79 Å². The molecule has 1 amide bonds. The van der Waals surface area contributed by atoms with Gasteiger partial charge in [0, 0.05) is 32.2 Å². The zero-order chi connectivity index (χ0) is 14.8. The average Bonchev–Trinajstić information content (AvgIpc) is 2.47. The van der Waals surface area contributed by atoms with E-state index in [2.05, 4.69) is 30.6 Å². The van der Waals surface area contributed by atoms with Gasteiger partial charge in [-0.15, -0.1) is 0 Å². The summed E-state index contributed by atoms with van der Waals surface area (Å²) in [6.07, 6.45) is 4.25. The van der Waals surface area contributed by atoms with Crippen molar-refractivity contribution in [2.45, 2.75) is 52.5 Å². The first kappa shape index (κ1) is 15.8. The Morgan fingerprint density at radius 2 is 1.90 bits per heavy atom. The number of hydrogen-bond acceptors (Lipinski definition) is 3. The van der Waals surface area contributed by atoms with E-state index >= 15 is 0 Å². The third-order valence-corrected chi connectivity index (χ3v) is 5.53. The van der Waals surface area contributed by atoms with Gasteiger partial charge in [0.25, 0.3) is 0 Å². The van der Waals surface area contributed by atoms with Crippen LogP contribution in [0.15, 0.2) is 0 Å². The number of carbonyl (C=O) groups excluding carboxylic acids is 1. The van der Waals surface area contributed by atoms with E-state index in [4.69, 9.17) is 5.73 Å². The molecule has 20 heavy (non-hydrogen) atoms. The summed E-state index contributed by atoms with van der Waals surface area (Å²) in [6.45, 7) is 11.0. The summed E-state index contributed by atoms with van der Waals surface area (Å²) in [5.41, 5.74) is 5.76. The van der Waals surface area contributed by atoms with Gasteiger partial charge in [0.1, 0.15) is 0 Å². The Kier molecular flexibility index (Phi) is 5.08. The number of nitrogens with two attached hydrogens (primary N) is 1. The lowest BCUT2D eigenvalue weighted by atomic mass is 9.70. The van der Waals surface area contributed by atoms with Gasteiger partial charge in [-0.25, -0.2) is 0 Å². The van der Waals surface area contributed by atoms with Crippen LogP contribution in [0.3, 0.4) is 0 Å². The largest absolute Gasteiger partial charge is 0.339 e. The summed E-state index contributed by atoms with van der Waals surface area (Å²) in [5, 5.41) is 0. The van der Waals surface area contributed by atoms with Crippen molar-refractivity contribution in [2.75, 3.05) is 32.7 Å². The van der Waals surface area contributed by atoms with Crippen LogP contribution in [0, 0.1) is 11.3 Å². The van der Waals surface area contributed by atoms with E-state index in [-0.39, 0.29) is 5.41 Å². The minimum absolute atomic E-state index is 0.263. The molecule has 0 spiro atoms. The van der Waals surface area contributed by atoms with Gasteiger partial charge in [0.05, 0.1) is 5.41 Å². The van der Waals surface area contributed by atoms with Crippen LogP contribution in [-0.4, -0.2) is 54.5 Å². The van der Waals surface area contributed by atoms with Crippen molar-refractivity contribution in [1.82, 2.24) is 9.80 Å². The standard InChI is InChI=1S/C16H31N3O/c1-4-18-9-10-19(11-14(18)3)15(20)16(12-17)7-5-13(2)6-8-16/h13-14H,4-12,17H2,1-3H3. The zero-order valence-corrected chi connectivity index (χ0v) is 13.4. The van der Waals surface area contributed by atoms with Gasteiger partial charge in [-0.1, -0.05) is 13.8 Å². The Morgan fingerprint density at radius 3 is 2.40 bits per heavy atom. The number of amides is 1. The van der Waals surface area contributed by atoms with Gasteiger partial charge < -0.3 is 10.6 Å². The van der Waals surface area contributed by atoms with Crippen molar-refractivity contribution in [3.05, 3.63) is 0 Å². The van der Waals surface area contributed by atoms with Gasteiger partial charge in [-0.2, -0.15) is 0 Å². The maximum Gasteiger partial charge on any atom is 0.230 e. The molecule has 0 radical (unpaired) electrons. The topological polar surface area (TPSA) is 49.6 Å². The molecule has 1 aliphatic heterocycles. The van der Waals surface area contributed by atoms with Crippen molar-refractivity contribution in [3.63, 3.8) is 0 Å². The maximum absolute atomic E-state index is 13.0. The van der Waals surface area contributed by atoms with E-state index < -0.39 is 0 Å². The lowest BCUT2D eigenvalue weighted by molar-refractivity contribution is -0.147. The molecule has 1 saturated carbocycles. The summed E-state index contributed by atoms with van der Waals surface area (Å²) < 4.78 is 0. The Morgan fingerprint density at radius 1 is 1.25 bits per heavy atom. The SMILES string of the molecule is CCN1CCN(C(=O)C2(CN)CCC(C)CC2)CC1C. The fourth-order valence-electron chi connectivity index (χ4n) is 3.80. The van der Waals surface area contributed by atoms with Crippen molar-refractivity contribution >= 4 is 5.91 Å². The van der Waals surface area contributed by atoms with Crippen LogP contribution < -0.4 is 5.73 Å². The minimum atomic E-state index is -0.263. The van der Waals surface area contributed by atoms with Gasteiger partial charge in [-0.05, 0) is 45.1 Å². The quantitative estimate of drug-likeness (QED) is 0.856. The molecule has 2 rings (SSSR count). The van der Waals surface area contributed by atoms with Crippen molar-refractivity contribution in [3.8, 4) is 0 Å². The molecule has 0 aromatic carbocycles. The van der Waals surface area contributed by atoms with Crippen molar-refractivity contribution in [2.24, 2.45) is 17.1 Å². The number of nitrogens with zero attached hydrogens (tertiary/aromatic N) is 2. The third-order valence-electron chi connectivity index (χ3n) is 5.53. The van der Waals surface area contributed by atoms with Crippen molar-refractivity contribution in [1.29, 1.82) is 0 Å². The third kappa shape index (κ3) is 3.01. The maximum atomic E-state index is 13.0. The lowest BCUT2D eigenvalue weighted by Crippen LogP contribution is -2.58. The fraction of sp³-hybridized carbons (Fsp3) is 0.938. The number of rotatable bonds is 3. The Balaban J connectivity index is 2.02. The van der Waals surface area contributed by atoms with Crippen LogP contribution in [0.25, 0.3) is 0 Å². The summed E-state index contributed by atoms with van der Waals surface area (Å²) in [6, 6.07) is 0.468. The molecule has 2 fully saturated rings. The van der Waals surface area contributed by atoms with Crippen LogP contribution in [0.2, 0.25) is 0 Å². The fourth-order valence-corrected chi connectivity index (χ4v) is 3.80. The molecule has 1 atom stereocenters. The lowest BCUT2D eigenvalue weighted by Gasteiger charge is -2.45. The predicted molar refractivity (Wildman–Crippen MR) is 82.4 cm³/mol. The van der Waals surface area contributed by atoms with Crippen LogP contribution in [0.5, 0.6) is 0 Å².